The highest BCUT2D eigenvalue weighted by Crippen LogP contribution is 2.12. The second-order valence-electron chi connectivity index (χ2n) is 6.12. The van der Waals surface area contributed by atoms with Crippen LogP contribution >= 0.6 is 0 Å². The lowest BCUT2D eigenvalue weighted by molar-refractivity contribution is 0.141. The molecule has 0 saturated heterocycles. The lowest BCUT2D eigenvalue weighted by Gasteiger charge is -2.03. The molecule has 0 aliphatic carbocycles. The lowest BCUT2D eigenvalue weighted by Crippen LogP contribution is -1.90. The maximum Gasteiger partial charge on any atom is 0.117 e. The molecule has 0 heterocycles. The fourth-order valence-electron chi connectivity index (χ4n) is 2.57. The fraction of sp³-hybridized carbons (Fsp3) is 0.895. The van der Waals surface area contributed by atoms with Gasteiger partial charge in [0.2, 0.25) is 0 Å². The standard InChI is InChI=1S/C19H38N2O2/c1-3-4-5-6-7-8-9-10-11-12-13-14-15-16-19-23-21-18-17-20-22-2/h17-18H,3-16,19H2,1-2H3/b20-17+,21-18+. The highest BCUT2D eigenvalue weighted by atomic mass is 16.6. The largest absolute Gasteiger partial charge is 0.399 e. The molecule has 0 atom stereocenters. The van der Waals surface area contributed by atoms with Crippen molar-refractivity contribution in [3.8, 4) is 0 Å². The zero-order chi connectivity index (χ0) is 16.8. The molecule has 0 fully saturated rings. The van der Waals surface area contributed by atoms with Crippen molar-refractivity contribution < 1.29 is 9.68 Å². The van der Waals surface area contributed by atoms with Gasteiger partial charge in [0, 0.05) is 0 Å². The first-order valence-corrected chi connectivity index (χ1v) is 9.62. The summed E-state index contributed by atoms with van der Waals surface area (Å²) in [6, 6.07) is 0. The van der Waals surface area contributed by atoms with Crippen LogP contribution < -0.4 is 0 Å². The summed E-state index contributed by atoms with van der Waals surface area (Å²) in [5.74, 6) is 0. The van der Waals surface area contributed by atoms with Gasteiger partial charge < -0.3 is 9.68 Å². The minimum absolute atomic E-state index is 0.690. The van der Waals surface area contributed by atoms with Gasteiger partial charge in [0.15, 0.2) is 0 Å². The fourth-order valence-corrected chi connectivity index (χ4v) is 2.57. The molecule has 4 nitrogen and oxygen atoms in total. The summed E-state index contributed by atoms with van der Waals surface area (Å²) < 4.78 is 0. The van der Waals surface area contributed by atoms with Gasteiger partial charge in [0.25, 0.3) is 0 Å². The van der Waals surface area contributed by atoms with Crippen molar-refractivity contribution >= 4 is 12.4 Å². The van der Waals surface area contributed by atoms with Crippen LogP contribution in [-0.2, 0) is 9.68 Å². The van der Waals surface area contributed by atoms with Gasteiger partial charge in [-0.2, -0.15) is 0 Å². The Bertz CT molecular complexity index is 268. The topological polar surface area (TPSA) is 43.2 Å². The summed E-state index contributed by atoms with van der Waals surface area (Å²) in [6.45, 7) is 2.97. The van der Waals surface area contributed by atoms with Crippen LogP contribution in [0, 0.1) is 0 Å². The van der Waals surface area contributed by atoms with Crippen LogP contribution in [0.3, 0.4) is 0 Å². The van der Waals surface area contributed by atoms with Crippen LogP contribution in [-0.4, -0.2) is 26.1 Å². The number of hydrogen-bond acceptors (Lipinski definition) is 4. The molecule has 136 valence electrons. The molecule has 0 amide bonds. The molecule has 23 heavy (non-hydrogen) atoms. The number of oxime groups is 2. The van der Waals surface area contributed by atoms with Gasteiger partial charge in [-0.3, -0.25) is 0 Å². The summed E-state index contributed by atoms with van der Waals surface area (Å²) in [5, 5.41) is 7.28. The Balaban J connectivity index is 3.02. The summed E-state index contributed by atoms with van der Waals surface area (Å²) in [4.78, 5) is 9.61. The average molecular weight is 327 g/mol. The van der Waals surface area contributed by atoms with Crippen LogP contribution in [0.5, 0.6) is 0 Å². The van der Waals surface area contributed by atoms with Gasteiger partial charge in [-0.15, -0.1) is 0 Å². The Hall–Kier alpha value is -1.06. The molecule has 0 spiro atoms. The Morgan fingerprint density at radius 3 is 1.52 bits per heavy atom. The first kappa shape index (κ1) is 21.9. The van der Waals surface area contributed by atoms with Crippen molar-refractivity contribution in [3.63, 3.8) is 0 Å². The van der Waals surface area contributed by atoms with Gasteiger partial charge in [0.1, 0.15) is 13.7 Å². The number of hydrogen-bond donors (Lipinski definition) is 0. The Morgan fingerprint density at radius 2 is 1.04 bits per heavy atom. The van der Waals surface area contributed by atoms with Crippen molar-refractivity contribution in [2.45, 2.75) is 96.8 Å². The summed E-state index contributed by atoms with van der Waals surface area (Å²) >= 11 is 0. The third kappa shape index (κ3) is 20.9. The third-order valence-electron chi connectivity index (χ3n) is 3.96. The quantitative estimate of drug-likeness (QED) is 0.173. The summed E-state index contributed by atoms with van der Waals surface area (Å²) in [7, 11) is 1.50. The Morgan fingerprint density at radius 1 is 0.609 bits per heavy atom. The minimum Gasteiger partial charge on any atom is -0.399 e. The predicted molar refractivity (Wildman–Crippen MR) is 100 cm³/mol. The van der Waals surface area contributed by atoms with E-state index in [-0.39, 0.29) is 0 Å². The normalized spacial score (nSPS) is 11.6. The number of unbranched alkanes of at least 4 members (excludes halogenated alkanes) is 13. The van der Waals surface area contributed by atoms with E-state index in [1.165, 1.54) is 103 Å². The maximum atomic E-state index is 5.11. The van der Waals surface area contributed by atoms with Gasteiger partial charge >= 0.3 is 0 Å². The lowest BCUT2D eigenvalue weighted by atomic mass is 10.0. The van der Waals surface area contributed by atoms with Crippen LogP contribution in [0.25, 0.3) is 0 Å². The second kappa shape index (κ2) is 20.9. The molecule has 0 radical (unpaired) electrons. The zero-order valence-corrected chi connectivity index (χ0v) is 15.5. The molecular weight excluding hydrogens is 288 g/mol. The molecule has 0 bridgehead atoms. The molecule has 0 N–H and O–H groups in total. The second-order valence-corrected chi connectivity index (χ2v) is 6.12. The third-order valence-corrected chi connectivity index (χ3v) is 3.96. The van der Waals surface area contributed by atoms with Crippen molar-refractivity contribution in [2.75, 3.05) is 13.7 Å². The van der Waals surface area contributed by atoms with E-state index in [0.29, 0.717) is 6.61 Å². The van der Waals surface area contributed by atoms with Crippen LogP contribution in [0.2, 0.25) is 0 Å². The molecule has 0 aromatic carbocycles. The molecule has 0 unspecified atom stereocenters. The van der Waals surface area contributed by atoms with Crippen LogP contribution in [0.1, 0.15) is 96.8 Å². The average Bonchev–Trinajstić information content (AvgIpc) is 2.57. The zero-order valence-electron chi connectivity index (χ0n) is 15.5. The first-order chi connectivity index (χ1) is 11.4. The van der Waals surface area contributed by atoms with E-state index >= 15 is 0 Å². The van der Waals surface area contributed by atoms with Gasteiger partial charge in [-0.25, -0.2) is 0 Å². The maximum absolute atomic E-state index is 5.11. The highest BCUT2D eigenvalue weighted by molar-refractivity contribution is 6.15. The molecule has 0 aromatic heterocycles. The molecule has 0 saturated carbocycles. The monoisotopic (exact) mass is 326 g/mol. The van der Waals surface area contributed by atoms with Gasteiger partial charge in [-0.1, -0.05) is 94.3 Å². The number of rotatable bonds is 18. The van der Waals surface area contributed by atoms with E-state index in [0.717, 1.165) is 6.42 Å². The molecule has 0 aliphatic heterocycles. The van der Waals surface area contributed by atoms with Gasteiger partial charge in [0.05, 0.1) is 12.4 Å². The van der Waals surface area contributed by atoms with Crippen LogP contribution in [0.4, 0.5) is 0 Å². The number of nitrogens with zero attached hydrogens (tertiary/aromatic N) is 2. The van der Waals surface area contributed by atoms with E-state index in [1.54, 1.807) is 0 Å². The van der Waals surface area contributed by atoms with E-state index in [4.69, 9.17) is 4.84 Å². The Labute approximate surface area is 143 Å². The predicted octanol–water partition coefficient (Wildman–Crippen LogP) is 6.10. The van der Waals surface area contributed by atoms with Gasteiger partial charge in [-0.05, 0) is 12.8 Å². The first-order valence-electron chi connectivity index (χ1n) is 9.62. The van der Waals surface area contributed by atoms with E-state index < -0.39 is 0 Å². The van der Waals surface area contributed by atoms with Crippen molar-refractivity contribution in [3.05, 3.63) is 0 Å². The molecule has 0 aromatic rings. The van der Waals surface area contributed by atoms with Crippen molar-refractivity contribution in [2.24, 2.45) is 10.3 Å². The Kier molecular flexibility index (Phi) is 20.0. The molecule has 0 rings (SSSR count). The van der Waals surface area contributed by atoms with E-state index in [1.807, 2.05) is 0 Å². The van der Waals surface area contributed by atoms with Crippen molar-refractivity contribution in [1.82, 2.24) is 0 Å². The molecular formula is C19H38N2O2. The van der Waals surface area contributed by atoms with E-state index in [2.05, 4.69) is 22.1 Å². The van der Waals surface area contributed by atoms with E-state index in [9.17, 15) is 0 Å². The smallest absolute Gasteiger partial charge is 0.117 e. The SMILES string of the molecule is CCCCCCCCCCCCCCCCO/N=C/C=N/OC. The van der Waals surface area contributed by atoms with Crippen LogP contribution in [0.15, 0.2) is 10.3 Å². The summed E-state index contributed by atoms with van der Waals surface area (Å²) in [6.07, 6.45) is 22.1. The van der Waals surface area contributed by atoms with Crippen molar-refractivity contribution in [1.29, 1.82) is 0 Å². The summed E-state index contributed by atoms with van der Waals surface area (Å²) in [5.41, 5.74) is 0. The minimum atomic E-state index is 0.690. The molecule has 0 aliphatic rings. The molecule has 4 heteroatoms. The highest BCUT2D eigenvalue weighted by Gasteiger charge is 1.94.